The van der Waals surface area contributed by atoms with Gasteiger partial charge in [-0.2, -0.15) is 0 Å². The molecule has 0 saturated carbocycles. The number of hydrogen-bond donors (Lipinski definition) is 1. The molecule has 1 N–H and O–H groups in total. The molecule has 7 nitrogen and oxygen atoms in total. The molecule has 0 aliphatic heterocycles. The lowest BCUT2D eigenvalue weighted by Crippen LogP contribution is -2.56. The zero-order chi connectivity index (χ0) is 33.6. The molecule has 0 fully saturated rings. The van der Waals surface area contributed by atoms with Crippen molar-refractivity contribution in [2.45, 2.75) is 64.1 Å². The molecule has 1 unspecified atom stereocenters. The fourth-order valence-corrected chi connectivity index (χ4v) is 6.50. The third-order valence-corrected chi connectivity index (χ3v) is 9.59. The van der Waals surface area contributed by atoms with Gasteiger partial charge in [0.25, 0.3) is 10.0 Å². The first-order valence-corrected chi connectivity index (χ1v) is 16.7. The van der Waals surface area contributed by atoms with E-state index in [2.05, 4.69) is 5.32 Å². The van der Waals surface area contributed by atoms with Crippen LogP contribution in [0.5, 0.6) is 0 Å². The van der Waals surface area contributed by atoms with E-state index in [4.69, 9.17) is 11.6 Å². The van der Waals surface area contributed by atoms with Crippen molar-refractivity contribution >= 4 is 39.1 Å². The summed E-state index contributed by atoms with van der Waals surface area (Å²) in [5.41, 5.74) is 2.09. The van der Waals surface area contributed by atoms with E-state index in [1.54, 1.807) is 37.3 Å². The largest absolute Gasteiger partial charge is 0.350 e. The van der Waals surface area contributed by atoms with Crippen molar-refractivity contribution in [3.63, 3.8) is 0 Å². The zero-order valence-electron chi connectivity index (χ0n) is 26.6. The number of carbonyl (C=O) groups is 2. The summed E-state index contributed by atoms with van der Waals surface area (Å²) in [7, 11) is -4.29. The molecule has 4 aromatic rings. The summed E-state index contributed by atoms with van der Waals surface area (Å²) >= 11 is 6.43. The van der Waals surface area contributed by atoms with E-state index in [0.717, 1.165) is 21.0 Å². The number of carbonyl (C=O) groups excluding carboxylic acids is 2. The SMILES string of the molecule is Cc1ccc(S(=O)(=O)N(CC(=O)N(Cc2ccccc2F)C(Cc2ccccc2)C(=O)NC(C)(C)C)c2ccc(C)c(Cl)c2)cc1. The van der Waals surface area contributed by atoms with Gasteiger partial charge in [0.2, 0.25) is 11.8 Å². The number of benzene rings is 4. The van der Waals surface area contributed by atoms with Gasteiger partial charge in [-0.1, -0.05) is 83.9 Å². The Morgan fingerprint density at radius 2 is 1.52 bits per heavy atom. The molecule has 46 heavy (non-hydrogen) atoms. The summed E-state index contributed by atoms with van der Waals surface area (Å²) < 4.78 is 44.4. The first-order valence-electron chi connectivity index (χ1n) is 14.9. The fourth-order valence-electron chi connectivity index (χ4n) is 4.92. The Balaban J connectivity index is 1.84. The van der Waals surface area contributed by atoms with E-state index in [0.29, 0.717) is 5.02 Å². The Bertz CT molecular complexity index is 1790. The number of nitrogens with one attached hydrogen (secondary N) is 1. The van der Waals surface area contributed by atoms with Gasteiger partial charge in [0.1, 0.15) is 18.4 Å². The number of anilines is 1. The number of nitrogens with zero attached hydrogens (tertiary/aromatic N) is 2. The lowest BCUT2D eigenvalue weighted by atomic mass is 10.0. The van der Waals surface area contributed by atoms with Crippen LogP contribution in [-0.2, 0) is 32.6 Å². The number of sulfonamides is 1. The van der Waals surface area contributed by atoms with E-state index in [1.165, 1.54) is 41.3 Å². The molecule has 0 saturated heterocycles. The van der Waals surface area contributed by atoms with Gasteiger partial charge in [-0.05, 0) is 76.1 Å². The molecule has 4 rings (SSSR count). The van der Waals surface area contributed by atoms with E-state index in [9.17, 15) is 18.0 Å². The molecule has 0 heterocycles. The summed E-state index contributed by atoms with van der Waals surface area (Å²) in [5, 5.41) is 3.28. The highest BCUT2D eigenvalue weighted by atomic mass is 35.5. The van der Waals surface area contributed by atoms with Crippen LogP contribution < -0.4 is 9.62 Å². The van der Waals surface area contributed by atoms with Gasteiger partial charge >= 0.3 is 0 Å². The predicted octanol–water partition coefficient (Wildman–Crippen LogP) is 6.85. The summed E-state index contributed by atoms with van der Waals surface area (Å²) in [6.45, 7) is 8.16. The first-order chi connectivity index (χ1) is 21.7. The van der Waals surface area contributed by atoms with E-state index in [1.807, 2.05) is 58.0 Å². The number of aryl methyl sites for hydroxylation is 2. The molecule has 242 valence electrons. The van der Waals surface area contributed by atoms with Crippen molar-refractivity contribution in [3.8, 4) is 0 Å². The third-order valence-electron chi connectivity index (χ3n) is 7.40. The fraction of sp³-hybridized carbons (Fsp3) is 0.278. The van der Waals surface area contributed by atoms with Crippen molar-refractivity contribution < 1.29 is 22.4 Å². The van der Waals surface area contributed by atoms with Crippen LogP contribution in [0, 0.1) is 19.7 Å². The maximum absolute atomic E-state index is 15.1. The van der Waals surface area contributed by atoms with E-state index < -0.39 is 45.8 Å². The maximum Gasteiger partial charge on any atom is 0.264 e. The molecule has 4 aromatic carbocycles. The zero-order valence-corrected chi connectivity index (χ0v) is 28.2. The van der Waals surface area contributed by atoms with Gasteiger partial charge in [0.15, 0.2) is 0 Å². The van der Waals surface area contributed by atoms with Crippen molar-refractivity contribution in [2.24, 2.45) is 0 Å². The van der Waals surface area contributed by atoms with Gasteiger partial charge in [-0.25, -0.2) is 12.8 Å². The molecular weight excluding hydrogens is 625 g/mol. The topological polar surface area (TPSA) is 86.8 Å². The number of halogens is 2. The first kappa shape index (κ1) is 34.7. The second kappa shape index (κ2) is 14.5. The Labute approximate surface area is 276 Å². The maximum atomic E-state index is 15.1. The quantitative estimate of drug-likeness (QED) is 0.190. The van der Waals surface area contributed by atoms with Crippen LogP contribution in [0.15, 0.2) is 102 Å². The highest BCUT2D eigenvalue weighted by Gasteiger charge is 2.36. The second-order valence-corrected chi connectivity index (χ2v) is 14.6. The van der Waals surface area contributed by atoms with Gasteiger partial charge in [-0.3, -0.25) is 13.9 Å². The lowest BCUT2D eigenvalue weighted by Gasteiger charge is -2.35. The van der Waals surface area contributed by atoms with Crippen LogP contribution in [0.2, 0.25) is 5.02 Å². The molecule has 1 atom stereocenters. The normalized spacial score (nSPS) is 12.3. The van der Waals surface area contributed by atoms with Gasteiger partial charge in [0, 0.05) is 29.1 Å². The molecule has 0 spiro atoms. The van der Waals surface area contributed by atoms with E-state index in [-0.39, 0.29) is 29.1 Å². The van der Waals surface area contributed by atoms with Crippen LogP contribution in [0.1, 0.15) is 43.0 Å². The number of amides is 2. The molecule has 10 heteroatoms. The van der Waals surface area contributed by atoms with Crippen molar-refractivity contribution in [1.82, 2.24) is 10.2 Å². The summed E-state index contributed by atoms with van der Waals surface area (Å²) in [6, 6.07) is 25.1. The van der Waals surface area contributed by atoms with E-state index >= 15 is 4.39 Å². The minimum absolute atomic E-state index is 0.0189. The van der Waals surface area contributed by atoms with Gasteiger partial charge in [0.05, 0.1) is 10.6 Å². The second-order valence-electron chi connectivity index (χ2n) is 12.3. The summed E-state index contributed by atoms with van der Waals surface area (Å²) in [6.07, 6.45) is 0.115. The standard InChI is InChI=1S/C36H39ClFN3O4S/c1-25-15-19-30(20-16-25)46(44,45)41(29-18-17-26(2)31(37)22-29)24-34(42)40(23-28-13-9-10-14-32(28)38)33(35(43)39-36(3,4)5)21-27-11-7-6-8-12-27/h6-20,22,33H,21,23-24H2,1-5H3,(H,39,43). The third kappa shape index (κ3) is 8.73. The highest BCUT2D eigenvalue weighted by molar-refractivity contribution is 7.92. The molecule has 0 aliphatic rings. The molecule has 0 aromatic heterocycles. The monoisotopic (exact) mass is 663 g/mol. The van der Waals surface area contributed by atoms with Gasteiger partial charge in [-0.15, -0.1) is 0 Å². The van der Waals surface area contributed by atoms with Crippen molar-refractivity contribution in [3.05, 3.63) is 130 Å². The smallest absolute Gasteiger partial charge is 0.264 e. The van der Waals surface area contributed by atoms with Crippen LogP contribution >= 0.6 is 11.6 Å². The highest BCUT2D eigenvalue weighted by Crippen LogP contribution is 2.29. The average molecular weight is 664 g/mol. The van der Waals surface area contributed by atoms with Gasteiger partial charge < -0.3 is 10.2 Å². The molecule has 2 amide bonds. The van der Waals surface area contributed by atoms with Crippen LogP contribution in [0.4, 0.5) is 10.1 Å². The summed E-state index contributed by atoms with van der Waals surface area (Å²) in [5.74, 6) is -1.70. The molecule has 0 bridgehead atoms. The number of rotatable bonds is 11. The van der Waals surface area contributed by atoms with Crippen LogP contribution in [-0.4, -0.2) is 43.3 Å². The lowest BCUT2D eigenvalue weighted by molar-refractivity contribution is -0.140. The van der Waals surface area contributed by atoms with Crippen molar-refractivity contribution in [2.75, 3.05) is 10.8 Å². The average Bonchev–Trinajstić information content (AvgIpc) is 2.99. The Morgan fingerprint density at radius 1 is 0.891 bits per heavy atom. The Morgan fingerprint density at radius 3 is 2.13 bits per heavy atom. The van der Waals surface area contributed by atoms with Crippen molar-refractivity contribution in [1.29, 1.82) is 0 Å². The minimum atomic E-state index is -4.29. The predicted molar refractivity (Wildman–Crippen MR) is 181 cm³/mol. The summed E-state index contributed by atoms with van der Waals surface area (Å²) in [4.78, 5) is 29.7. The number of hydrogen-bond acceptors (Lipinski definition) is 4. The molecular formula is C36H39ClFN3O4S. The molecule has 0 aliphatic carbocycles. The van der Waals surface area contributed by atoms with Crippen LogP contribution in [0.25, 0.3) is 0 Å². The minimum Gasteiger partial charge on any atom is -0.350 e. The molecule has 0 radical (unpaired) electrons. The Hall–Kier alpha value is -4.21. The van der Waals surface area contributed by atoms with Crippen LogP contribution in [0.3, 0.4) is 0 Å². The Kier molecular flexibility index (Phi) is 10.9.